The smallest absolute Gasteiger partial charge is 0.317 e. The summed E-state index contributed by atoms with van der Waals surface area (Å²) in [5, 5.41) is 3.03. The molecule has 1 saturated heterocycles. The molecule has 0 saturated carbocycles. The van der Waals surface area contributed by atoms with E-state index in [1.807, 2.05) is 18.2 Å². The van der Waals surface area contributed by atoms with Gasteiger partial charge in [0.15, 0.2) is 0 Å². The Hall–Kier alpha value is -2.14. The van der Waals surface area contributed by atoms with Crippen molar-refractivity contribution in [1.82, 2.24) is 4.90 Å². The fourth-order valence-corrected chi connectivity index (χ4v) is 3.12. The zero-order chi connectivity index (χ0) is 16.4. The van der Waals surface area contributed by atoms with Crippen molar-refractivity contribution in [3.8, 4) is 0 Å². The molecule has 0 aliphatic carbocycles. The summed E-state index contributed by atoms with van der Waals surface area (Å²) in [6, 6.07) is 9.67. The van der Waals surface area contributed by atoms with Crippen LogP contribution in [-0.2, 0) is 0 Å². The quantitative estimate of drug-likeness (QED) is 0.823. The van der Waals surface area contributed by atoms with E-state index in [9.17, 15) is 13.6 Å². The Kier molecular flexibility index (Phi) is 4.48. The van der Waals surface area contributed by atoms with Gasteiger partial charge in [-0.1, -0.05) is 29.8 Å². The molecule has 1 aliphatic heterocycles. The number of nitrogens with one attached hydrogen (secondary N) is 1. The molecule has 6 heteroatoms. The Balaban J connectivity index is 1.81. The van der Waals surface area contributed by atoms with E-state index in [-0.39, 0.29) is 11.7 Å². The molecule has 0 spiro atoms. The van der Waals surface area contributed by atoms with Crippen LogP contribution in [0.25, 0.3) is 0 Å². The molecular formula is C17H15ClF2N2O. The maximum absolute atomic E-state index is 13.7. The van der Waals surface area contributed by atoms with Crippen molar-refractivity contribution in [2.24, 2.45) is 0 Å². The highest BCUT2D eigenvalue weighted by atomic mass is 35.5. The van der Waals surface area contributed by atoms with Crippen LogP contribution >= 0.6 is 11.6 Å². The van der Waals surface area contributed by atoms with Gasteiger partial charge in [0.2, 0.25) is 0 Å². The second-order valence-electron chi connectivity index (χ2n) is 5.43. The van der Waals surface area contributed by atoms with Crippen LogP contribution in [0.15, 0.2) is 42.5 Å². The van der Waals surface area contributed by atoms with Crippen LogP contribution in [0.5, 0.6) is 0 Å². The first-order valence-corrected chi connectivity index (χ1v) is 7.71. The van der Waals surface area contributed by atoms with Gasteiger partial charge >= 0.3 is 6.03 Å². The number of likely N-dealkylation sites (tertiary alicyclic amines) is 1. The van der Waals surface area contributed by atoms with E-state index in [4.69, 9.17) is 11.6 Å². The monoisotopic (exact) mass is 336 g/mol. The van der Waals surface area contributed by atoms with Crippen LogP contribution in [0.3, 0.4) is 0 Å². The van der Waals surface area contributed by atoms with Gasteiger partial charge in [-0.25, -0.2) is 13.6 Å². The number of rotatable bonds is 2. The van der Waals surface area contributed by atoms with Crippen LogP contribution in [0, 0.1) is 11.6 Å². The number of amides is 2. The lowest BCUT2D eigenvalue weighted by molar-refractivity contribution is 0.207. The molecule has 2 amide bonds. The molecule has 0 radical (unpaired) electrons. The maximum Gasteiger partial charge on any atom is 0.322 e. The number of anilines is 1. The number of urea groups is 1. The fourth-order valence-electron chi connectivity index (χ4n) is 2.86. The van der Waals surface area contributed by atoms with E-state index in [1.54, 1.807) is 11.0 Å². The normalized spacial score (nSPS) is 17.3. The molecule has 120 valence electrons. The van der Waals surface area contributed by atoms with E-state index >= 15 is 0 Å². The van der Waals surface area contributed by atoms with Crippen molar-refractivity contribution < 1.29 is 13.6 Å². The van der Waals surface area contributed by atoms with E-state index in [1.165, 1.54) is 0 Å². The van der Waals surface area contributed by atoms with Crippen LogP contribution in [0.4, 0.5) is 19.3 Å². The van der Waals surface area contributed by atoms with Gasteiger partial charge < -0.3 is 10.2 Å². The Morgan fingerprint density at radius 1 is 1.22 bits per heavy atom. The number of carbonyl (C=O) groups excluding carboxylic acids is 1. The predicted octanol–water partition coefficient (Wildman–Crippen LogP) is 4.99. The largest absolute Gasteiger partial charge is 0.322 e. The number of hydrogen-bond acceptors (Lipinski definition) is 1. The molecule has 0 bridgehead atoms. The lowest BCUT2D eigenvalue weighted by Crippen LogP contribution is -2.34. The molecule has 1 unspecified atom stereocenters. The third-order valence-corrected chi connectivity index (χ3v) is 4.29. The van der Waals surface area contributed by atoms with Crippen LogP contribution in [-0.4, -0.2) is 17.5 Å². The van der Waals surface area contributed by atoms with Crippen molar-refractivity contribution in [1.29, 1.82) is 0 Å². The highest BCUT2D eigenvalue weighted by Gasteiger charge is 2.31. The van der Waals surface area contributed by atoms with Gasteiger partial charge in [0.1, 0.15) is 11.6 Å². The average Bonchev–Trinajstić information content (AvgIpc) is 3.01. The number of benzene rings is 2. The molecule has 0 aromatic heterocycles. The van der Waals surface area contributed by atoms with Crippen LogP contribution < -0.4 is 5.32 Å². The molecule has 1 fully saturated rings. The molecule has 2 aromatic rings. The topological polar surface area (TPSA) is 32.3 Å². The first kappa shape index (κ1) is 15.7. The number of hydrogen-bond donors (Lipinski definition) is 1. The van der Waals surface area contributed by atoms with Gasteiger partial charge in [-0.3, -0.25) is 0 Å². The molecule has 1 heterocycles. The highest BCUT2D eigenvalue weighted by molar-refractivity contribution is 6.31. The Morgan fingerprint density at radius 2 is 2.00 bits per heavy atom. The van der Waals surface area contributed by atoms with E-state index in [2.05, 4.69) is 5.32 Å². The zero-order valence-electron chi connectivity index (χ0n) is 12.2. The summed E-state index contributed by atoms with van der Waals surface area (Å²) in [6.45, 7) is 0.540. The summed E-state index contributed by atoms with van der Waals surface area (Å²) in [4.78, 5) is 14.1. The minimum Gasteiger partial charge on any atom is -0.317 e. The molecule has 1 aliphatic rings. The van der Waals surface area contributed by atoms with Crippen LogP contribution in [0.1, 0.15) is 24.4 Å². The molecular weight excluding hydrogens is 322 g/mol. The van der Waals surface area contributed by atoms with E-state index in [0.717, 1.165) is 36.6 Å². The van der Waals surface area contributed by atoms with Gasteiger partial charge in [0.05, 0.1) is 11.7 Å². The Morgan fingerprint density at radius 3 is 2.78 bits per heavy atom. The van der Waals surface area contributed by atoms with Crippen molar-refractivity contribution in [2.75, 3.05) is 11.9 Å². The third-order valence-electron chi connectivity index (χ3n) is 3.95. The Bertz CT molecular complexity index is 738. The molecule has 23 heavy (non-hydrogen) atoms. The van der Waals surface area contributed by atoms with Gasteiger partial charge in [-0.15, -0.1) is 0 Å². The number of carbonyl (C=O) groups is 1. The van der Waals surface area contributed by atoms with Gasteiger partial charge in [0.25, 0.3) is 0 Å². The summed E-state index contributed by atoms with van der Waals surface area (Å²) in [5.74, 6) is -1.28. The maximum atomic E-state index is 13.7. The van der Waals surface area contributed by atoms with Gasteiger partial charge in [0, 0.05) is 17.6 Å². The summed E-state index contributed by atoms with van der Waals surface area (Å²) in [7, 11) is 0. The predicted molar refractivity (Wildman–Crippen MR) is 85.5 cm³/mol. The van der Waals surface area contributed by atoms with Crippen LogP contribution in [0.2, 0.25) is 5.02 Å². The lowest BCUT2D eigenvalue weighted by Gasteiger charge is -2.26. The minimum atomic E-state index is -0.673. The molecule has 2 aromatic carbocycles. The minimum absolute atomic E-state index is 0.166. The SMILES string of the molecule is O=C(Nc1cc(F)ccc1F)N1CCCC1c1ccccc1Cl. The third kappa shape index (κ3) is 3.29. The summed E-state index contributed by atoms with van der Waals surface area (Å²) >= 11 is 6.21. The standard InChI is InChI=1S/C17H15ClF2N2O/c18-13-5-2-1-4-12(13)16-6-3-9-22(16)17(23)21-15-10-11(19)7-8-14(15)20/h1-2,4-5,7-8,10,16H,3,6,9H2,(H,21,23). The molecule has 3 rings (SSSR count). The first-order valence-electron chi connectivity index (χ1n) is 7.33. The van der Waals surface area contributed by atoms with E-state index < -0.39 is 17.7 Å². The van der Waals surface area contributed by atoms with Crippen molar-refractivity contribution in [3.05, 3.63) is 64.7 Å². The second kappa shape index (κ2) is 6.54. The zero-order valence-corrected chi connectivity index (χ0v) is 13.0. The van der Waals surface area contributed by atoms with Crippen molar-refractivity contribution >= 4 is 23.3 Å². The molecule has 3 nitrogen and oxygen atoms in total. The highest BCUT2D eigenvalue weighted by Crippen LogP contribution is 2.36. The summed E-state index contributed by atoms with van der Waals surface area (Å²) in [6.07, 6.45) is 1.61. The van der Waals surface area contributed by atoms with Crippen molar-refractivity contribution in [2.45, 2.75) is 18.9 Å². The molecule has 1 atom stereocenters. The van der Waals surface area contributed by atoms with Gasteiger partial charge in [-0.2, -0.15) is 0 Å². The average molecular weight is 337 g/mol. The number of halogens is 3. The summed E-state index contributed by atoms with van der Waals surface area (Å²) in [5.41, 5.74) is 0.696. The summed E-state index contributed by atoms with van der Waals surface area (Å²) < 4.78 is 26.9. The Labute approximate surface area is 137 Å². The van der Waals surface area contributed by atoms with Gasteiger partial charge in [-0.05, 0) is 36.6 Å². The van der Waals surface area contributed by atoms with Crippen molar-refractivity contribution in [3.63, 3.8) is 0 Å². The van der Waals surface area contributed by atoms with E-state index in [0.29, 0.717) is 11.6 Å². The second-order valence-corrected chi connectivity index (χ2v) is 5.83. The fraction of sp³-hybridized carbons (Fsp3) is 0.235. The molecule has 1 N–H and O–H groups in total. The first-order chi connectivity index (χ1) is 11.1. The lowest BCUT2D eigenvalue weighted by atomic mass is 10.0. The number of nitrogens with zero attached hydrogens (tertiary/aromatic N) is 1.